The monoisotopic (exact) mass is 262 g/mol. The van der Waals surface area contributed by atoms with Gasteiger partial charge in [0.05, 0.1) is 11.8 Å². The van der Waals surface area contributed by atoms with Crippen molar-refractivity contribution in [2.24, 2.45) is 5.10 Å². The first kappa shape index (κ1) is 12.6. The molecule has 0 aromatic carbocycles. The second kappa shape index (κ2) is 5.18. The summed E-state index contributed by atoms with van der Waals surface area (Å²) in [7, 11) is 0. The third-order valence-electron chi connectivity index (χ3n) is 2.73. The van der Waals surface area contributed by atoms with Gasteiger partial charge in [-0.15, -0.1) is 11.3 Å². The summed E-state index contributed by atoms with van der Waals surface area (Å²) in [6.07, 6.45) is 1.57. The van der Waals surface area contributed by atoms with Gasteiger partial charge in [0.1, 0.15) is 11.5 Å². The molecule has 0 unspecified atom stereocenters. The molecular weight excluding hydrogens is 248 g/mol. The van der Waals surface area contributed by atoms with E-state index in [2.05, 4.69) is 10.5 Å². The fourth-order valence-electron chi connectivity index (χ4n) is 1.47. The number of amides is 1. The number of aryl methyl sites for hydroxylation is 1. The molecule has 0 bridgehead atoms. The smallest absolute Gasteiger partial charge is 0.272 e. The number of rotatable bonds is 3. The highest BCUT2D eigenvalue weighted by Crippen LogP contribution is 2.20. The molecule has 0 spiro atoms. The van der Waals surface area contributed by atoms with Gasteiger partial charge in [-0.1, -0.05) is 0 Å². The lowest BCUT2D eigenvalue weighted by Crippen LogP contribution is -2.19. The lowest BCUT2D eigenvalue weighted by atomic mass is 10.2. The highest BCUT2D eigenvalue weighted by Gasteiger charge is 2.12. The highest BCUT2D eigenvalue weighted by atomic mass is 32.1. The van der Waals surface area contributed by atoms with Gasteiger partial charge >= 0.3 is 0 Å². The number of thiophene rings is 1. The van der Waals surface area contributed by atoms with Crippen LogP contribution in [0.3, 0.4) is 0 Å². The maximum Gasteiger partial charge on any atom is 0.272 e. The van der Waals surface area contributed by atoms with Crippen LogP contribution in [0.25, 0.3) is 0 Å². The van der Waals surface area contributed by atoms with Crippen LogP contribution in [0.15, 0.2) is 33.3 Å². The third-order valence-corrected chi connectivity index (χ3v) is 3.75. The van der Waals surface area contributed by atoms with Gasteiger partial charge < -0.3 is 4.42 Å². The molecule has 1 N–H and O–H groups in total. The van der Waals surface area contributed by atoms with Gasteiger partial charge in [0.15, 0.2) is 0 Å². The fraction of sp³-hybridized carbons (Fsp3) is 0.231. The van der Waals surface area contributed by atoms with E-state index < -0.39 is 0 Å². The van der Waals surface area contributed by atoms with Gasteiger partial charge in [-0.25, -0.2) is 5.43 Å². The number of furan rings is 1. The zero-order chi connectivity index (χ0) is 13.1. The first-order valence-corrected chi connectivity index (χ1v) is 6.40. The molecule has 0 aliphatic carbocycles. The molecule has 0 atom stereocenters. The zero-order valence-electron chi connectivity index (χ0n) is 10.5. The van der Waals surface area contributed by atoms with E-state index in [0.717, 1.165) is 10.4 Å². The Labute approximate surface area is 109 Å². The van der Waals surface area contributed by atoms with Gasteiger partial charge in [0, 0.05) is 10.3 Å². The van der Waals surface area contributed by atoms with Gasteiger partial charge in [0.2, 0.25) is 0 Å². The quantitative estimate of drug-likeness (QED) is 0.682. The Balaban J connectivity index is 2.09. The second-order valence-electron chi connectivity index (χ2n) is 3.95. The van der Waals surface area contributed by atoms with Crippen molar-refractivity contribution in [3.8, 4) is 0 Å². The SMILES string of the molecule is C/C(=N/NC(=O)c1csc(C)c1C)c1ccco1. The zero-order valence-corrected chi connectivity index (χ0v) is 11.3. The van der Waals surface area contributed by atoms with Crippen molar-refractivity contribution in [3.63, 3.8) is 0 Å². The average molecular weight is 262 g/mol. The van der Waals surface area contributed by atoms with E-state index in [-0.39, 0.29) is 5.91 Å². The molecule has 0 aliphatic heterocycles. The summed E-state index contributed by atoms with van der Waals surface area (Å²) in [6.45, 7) is 5.71. The number of hydrogen-bond donors (Lipinski definition) is 1. The molecule has 0 aliphatic rings. The minimum absolute atomic E-state index is 0.192. The minimum atomic E-state index is -0.192. The Kier molecular flexibility index (Phi) is 3.62. The summed E-state index contributed by atoms with van der Waals surface area (Å²) in [5.74, 6) is 0.455. The molecular formula is C13H14N2O2S. The first-order valence-electron chi connectivity index (χ1n) is 5.53. The van der Waals surface area contributed by atoms with Crippen molar-refractivity contribution in [2.45, 2.75) is 20.8 Å². The van der Waals surface area contributed by atoms with Crippen molar-refractivity contribution in [1.82, 2.24) is 5.43 Å². The van der Waals surface area contributed by atoms with Crippen molar-refractivity contribution in [3.05, 3.63) is 45.5 Å². The van der Waals surface area contributed by atoms with Gasteiger partial charge in [-0.2, -0.15) is 5.10 Å². The number of hydrazone groups is 1. The Morgan fingerprint density at radius 3 is 2.78 bits per heavy atom. The summed E-state index contributed by atoms with van der Waals surface area (Å²) >= 11 is 1.56. The van der Waals surface area contributed by atoms with Crippen LogP contribution in [-0.4, -0.2) is 11.6 Å². The Bertz CT molecular complexity index is 582. The van der Waals surface area contributed by atoms with Crippen molar-refractivity contribution in [1.29, 1.82) is 0 Å². The van der Waals surface area contributed by atoms with Crippen LogP contribution in [0.2, 0.25) is 0 Å². The first-order chi connectivity index (χ1) is 8.59. The predicted molar refractivity (Wildman–Crippen MR) is 72.2 cm³/mol. The van der Waals surface area contributed by atoms with E-state index in [4.69, 9.17) is 4.42 Å². The maximum atomic E-state index is 11.9. The highest BCUT2D eigenvalue weighted by molar-refractivity contribution is 7.10. The van der Waals surface area contributed by atoms with E-state index in [1.54, 1.807) is 36.7 Å². The lowest BCUT2D eigenvalue weighted by molar-refractivity contribution is 0.0954. The van der Waals surface area contributed by atoms with E-state index in [1.807, 2.05) is 19.2 Å². The van der Waals surface area contributed by atoms with Gasteiger partial charge in [-0.3, -0.25) is 4.79 Å². The van der Waals surface area contributed by atoms with Crippen molar-refractivity contribution >= 4 is 23.0 Å². The van der Waals surface area contributed by atoms with Gasteiger partial charge in [-0.05, 0) is 38.5 Å². The van der Waals surface area contributed by atoms with Crippen molar-refractivity contribution in [2.75, 3.05) is 0 Å². The van der Waals surface area contributed by atoms with Crippen LogP contribution in [0, 0.1) is 13.8 Å². The fourth-order valence-corrected chi connectivity index (χ4v) is 2.34. The molecule has 4 nitrogen and oxygen atoms in total. The molecule has 0 fully saturated rings. The molecule has 2 aromatic rings. The van der Waals surface area contributed by atoms with Gasteiger partial charge in [0.25, 0.3) is 5.91 Å². The largest absolute Gasteiger partial charge is 0.463 e. The predicted octanol–water partition coefficient (Wildman–Crippen LogP) is 3.11. The van der Waals surface area contributed by atoms with Crippen LogP contribution < -0.4 is 5.43 Å². The minimum Gasteiger partial charge on any atom is -0.463 e. The normalized spacial score (nSPS) is 11.6. The summed E-state index contributed by atoms with van der Waals surface area (Å²) < 4.78 is 5.18. The summed E-state index contributed by atoms with van der Waals surface area (Å²) in [4.78, 5) is 13.1. The van der Waals surface area contributed by atoms with Crippen LogP contribution in [0.1, 0.15) is 33.5 Å². The van der Waals surface area contributed by atoms with Crippen LogP contribution in [0.4, 0.5) is 0 Å². The molecule has 5 heteroatoms. The number of nitrogens with zero attached hydrogens (tertiary/aromatic N) is 1. The number of nitrogens with one attached hydrogen (secondary N) is 1. The molecule has 94 valence electrons. The third kappa shape index (κ3) is 2.51. The Morgan fingerprint density at radius 2 is 2.22 bits per heavy atom. The van der Waals surface area contributed by atoms with E-state index >= 15 is 0 Å². The summed E-state index contributed by atoms with van der Waals surface area (Å²) in [6, 6.07) is 3.58. The molecule has 18 heavy (non-hydrogen) atoms. The summed E-state index contributed by atoms with van der Waals surface area (Å²) in [5, 5.41) is 5.87. The maximum absolute atomic E-state index is 11.9. The molecule has 0 saturated carbocycles. The molecule has 2 heterocycles. The second-order valence-corrected chi connectivity index (χ2v) is 5.03. The average Bonchev–Trinajstić information content (AvgIpc) is 2.98. The van der Waals surface area contributed by atoms with Crippen LogP contribution in [-0.2, 0) is 0 Å². The topological polar surface area (TPSA) is 54.6 Å². The molecule has 2 aromatic heterocycles. The van der Waals surface area contributed by atoms with Crippen LogP contribution in [0.5, 0.6) is 0 Å². The van der Waals surface area contributed by atoms with E-state index in [1.165, 1.54) is 0 Å². The number of carbonyl (C=O) groups is 1. The molecule has 0 radical (unpaired) electrons. The summed E-state index contributed by atoms with van der Waals surface area (Å²) in [5.41, 5.74) is 4.85. The van der Waals surface area contributed by atoms with E-state index in [0.29, 0.717) is 17.0 Å². The number of carbonyl (C=O) groups excluding carboxylic acids is 1. The van der Waals surface area contributed by atoms with E-state index in [9.17, 15) is 4.79 Å². The Morgan fingerprint density at radius 1 is 1.44 bits per heavy atom. The standard InChI is InChI=1S/C13H14N2O2S/c1-8-10(3)18-7-11(8)13(16)15-14-9(2)12-5-4-6-17-12/h4-7H,1-3H3,(H,15,16)/b14-9-. The number of hydrogen-bond acceptors (Lipinski definition) is 4. The Hall–Kier alpha value is -1.88. The van der Waals surface area contributed by atoms with Crippen LogP contribution >= 0.6 is 11.3 Å². The molecule has 1 amide bonds. The van der Waals surface area contributed by atoms with Crippen molar-refractivity contribution < 1.29 is 9.21 Å². The molecule has 2 rings (SSSR count). The molecule has 0 saturated heterocycles. The lowest BCUT2D eigenvalue weighted by Gasteiger charge is -2.00.